The van der Waals surface area contributed by atoms with Crippen molar-refractivity contribution in [3.05, 3.63) is 78.1 Å². The fourth-order valence-corrected chi connectivity index (χ4v) is 6.95. The van der Waals surface area contributed by atoms with Crippen LogP contribution in [0.3, 0.4) is 0 Å². The van der Waals surface area contributed by atoms with Crippen LogP contribution in [0.5, 0.6) is 5.75 Å². The van der Waals surface area contributed by atoms with Gasteiger partial charge in [-0.15, -0.1) is 0 Å². The second kappa shape index (κ2) is 9.74. The van der Waals surface area contributed by atoms with Gasteiger partial charge in [0.15, 0.2) is 0 Å². The molecule has 6 rings (SSSR count). The number of hydrogen-bond donors (Lipinski definition) is 0. The Morgan fingerprint density at radius 3 is 2.67 bits per heavy atom. The van der Waals surface area contributed by atoms with Crippen LogP contribution in [0.4, 0.5) is 11.4 Å². The lowest BCUT2D eigenvalue weighted by atomic mass is 10.1. The van der Waals surface area contributed by atoms with Crippen LogP contribution in [-0.4, -0.2) is 33.1 Å². The first-order valence-corrected chi connectivity index (χ1v) is 13.8. The average Bonchev–Trinajstić information content (AvgIpc) is 3.35. The number of amides is 1. The zero-order valence-electron chi connectivity index (χ0n) is 18.8. The van der Waals surface area contributed by atoms with Gasteiger partial charge in [0.1, 0.15) is 33.0 Å². The Balaban J connectivity index is 1.30. The van der Waals surface area contributed by atoms with Crippen molar-refractivity contribution in [1.82, 2.24) is 14.3 Å². The third-order valence-electron chi connectivity index (χ3n) is 5.66. The predicted octanol–water partition coefficient (Wildman–Crippen LogP) is 7.34. The number of rotatable bonds is 5. The van der Waals surface area contributed by atoms with Crippen molar-refractivity contribution in [2.45, 2.75) is 14.8 Å². The molecule has 0 unspecified atom stereocenters. The van der Waals surface area contributed by atoms with Gasteiger partial charge in [-0.25, -0.2) is 9.97 Å². The van der Waals surface area contributed by atoms with Crippen molar-refractivity contribution >= 4 is 74.2 Å². The van der Waals surface area contributed by atoms with E-state index in [0.29, 0.717) is 5.02 Å². The summed E-state index contributed by atoms with van der Waals surface area (Å²) in [6, 6.07) is 21.3. The number of ether oxygens (including phenoxy) is 1. The zero-order chi connectivity index (χ0) is 24.6. The van der Waals surface area contributed by atoms with Gasteiger partial charge in [-0.1, -0.05) is 47.3 Å². The molecule has 6 nitrogen and oxygen atoms in total. The van der Waals surface area contributed by atoms with E-state index in [1.54, 1.807) is 23.8 Å². The molecule has 10 heteroatoms. The van der Waals surface area contributed by atoms with Gasteiger partial charge in [0, 0.05) is 20.4 Å². The highest BCUT2D eigenvalue weighted by atomic mass is 35.5. The van der Waals surface area contributed by atoms with Crippen LogP contribution >= 0.6 is 46.7 Å². The van der Waals surface area contributed by atoms with Gasteiger partial charge < -0.3 is 4.74 Å². The van der Waals surface area contributed by atoms with E-state index in [9.17, 15) is 4.79 Å². The largest absolute Gasteiger partial charge is 0.497 e. The van der Waals surface area contributed by atoms with Crippen molar-refractivity contribution in [1.29, 1.82) is 0 Å². The minimum absolute atomic E-state index is 0.0528. The number of anilines is 2. The number of nitrogens with zero attached hydrogens (tertiary/aromatic N) is 4. The fraction of sp³-hybridized carbons (Fsp3) is 0.0769. The molecule has 2 aromatic heterocycles. The Morgan fingerprint density at radius 1 is 1.03 bits per heavy atom. The lowest BCUT2D eigenvalue weighted by molar-refractivity contribution is -0.115. The molecule has 178 valence electrons. The van der Waals surface area contributed by atoms with Crippen LogP contribution in [0.1, 0.15) is 0 Å². The molecule has 5 aromatic rings. The van der Waals surface area contributed by atoms with E-state index in [-0.39, 0.29) is 11.7 Å². The summed E-state index contributed by atoms with van der Waals surface area (Å²) in [4.78, 5) is 26.4. The van der Waals surface area contributed by atoms with Crippen LogP contribution in [0, 0.1) is 0 Å². The van der Waals surface area contributed by atoms with E-state index in [1.807, 2.05) is 66.7 Å². The summed E-state index contributed by atoms with van der Waals surface area (Å²) in [7, 11) is 1.64. The standard InChI is InChI=1S/C26H17ClN4O2S3/c1-33-17-9-6-15(7-10-17)23-24-25(36-30-23)26(29-14-28-24)34-13-22(32)31-18-4-2-3-5-20(18)35-21-11-8-16(27)12-19(21)31/h2-12,14H,13H2,1H3. The molecular weight excluding hydrogens is 532 g/mol. The number of para-hydroxylation sites is 1. The van der Waals surface area contributed by atoms with E-state index >= 15 is 0 Å². The molecule has 0 N–H and O–H groups in total. The Labute approximate surface area is 224 Å². The van der Waals surface area contributed by atoms with Crippen molar-refractivity contribution in [3.63, 3.8) is 0 Å². The fourth-order valence-electron chi connectivity index (χ4n) is 3.98. The third kappa shape index (κ3) is 4.22. The molecule has 0 spiro atoms. The molecule has 0 atom stereocenters. The first kappa shape index (κ1) is 23.3. The molecule has 1 amide bonds. The summed E-state index contributed by atoms with van der Waals surface area (Å²) >= 11 is 10.7. The number of thioether (sulfide) groups is 1. The normalized spacial score (nSPS) is 12.3. The van der Waals surface area contributed by atoms with Crippen molar-refractivity contribution in [2.24, 2.45) is 0 Å². The van der Waals surface area contributed by atoms with Gasteiger partial charge in [-0.2, -0.15) is 4.37 Å². The number of benzene rings is 3. The lowest BCUT2D eigenvalue weighted by Crippen LogP contribution is -2.30. The molecule has 3 heterocycles. The summed E-state index contributed by atoms with van der Waals surface area (Å²) in [5, 5.41) is 1.32. The molecule has 3 aromatic carbocycles. The molecule has 0 aliphatic carbocycles. The number of carbonyl (C=O) groups is 1. The Kier molecular flexibility index (Phi) is 6.30. The van der Waals surface area contributed by atoms with Crippen molar-refractivity contribution < 1.29 is 9.53 Å². The average molecular weight is 549 g/mol. The molecule has 0 bridgehead atoms. The Bertz CT molecular complexity index is 1610. The number of methoxy groups -OCH3 is 1. The highest BCUT2D eigenvalue weighted by Gasteiger charge is 2.28. The van der Waals surface area contributed by atoms with Gasteiger partial charge in [0.2, 0.25) is 5.91 Å². The van der Waals surface area contributed by atoms with E-state index < -0.39 is 0 Å². The number of halogens is 1. The van der Waals surface area contributed by atoms with E-state index in [4.69, 9.17) is 16.3 Å². The Hall–Kier alpha value is -3.11. The van der Waals surface area contributed by atoms with Crippen LogP contribution in [0.2, 0.25) is 5.02 Å². The van der Waals surface area contributed by atoms with Gasteiger partial charge in [-0.05, 0) is 66.1 Å². The quantitative estimate of drug-likeness (QED) is 0.168. The summed E-state index contributed by atoms with van der Waals surface area (Å²) in [6.07, 6.45) is 1.53. The van der Waals surface area contributed by atoms with E-state index in [1.165, 1.54) is 29.6 Å². The van der Waals surface area contributed by atoms with Crippen LogP contribution in [-0.2, 0) is 4.79 Å². The second-order valence-electron chi connectivity index (χ2n) is 7.82. The first-order chi connectivity index (χ1) is 17.6. The maximum absolute atomic E-state index is 13.6. The van der Waals surface area contributed by atoms with Crippen molar-refractivity contribution in [2.75, 3.05) is 17.8 Å². The van der Waals surface area contributed by atoms with Crippen LogP contribution < -0.4 is 9.64 Å². The summed E-state index contributed by atoms with van der Waals surface area (Å²) in [5.41, 5.74) is 4.16. The van der Waals surface area contributed by atoms with E-state index in [0.717, 1.165) is 53.4 Å². The van der Waals surface area contributed by atoms with E-state index in [2.05, 4.69) is 14.3 Å². The highest BCUT2D eigenvalue weighted by Crippen LogP contribution is 2.49. The molecular formula is C26H17ClN4O2S3. The van der Waals surface area contributed by atoms with Gasteiger partial charge in [0.05, 0.1) is 24.2 Å². The number of fused-ring (bicyclic) bond motifs is 3. The zero-order valence-corrected chi connectivity index (χ0v) is 22.0. The molecule has 1 aliphatic heterocycles. The van der Waals surface area contributed by atoms with Crippen molar-refractivity contribution in [3.8, 4) is 17.0 Å². The number of aromatic nitrogens is 3. The summed E-state index contributed by atoms with van der Waals surface area (Å²) < 4.78 is 10.8. The molecule has 0 saturated carbocycles. The minimum atomic E-state index is -0.0528. The smallest absolute Gasteiger partial charge is 0.242 e. The third-order valence-corrected chi connectivity index (χ3v) is 8.97. The molecule has 0 fully saturated rings. The summed E-state index contributed by atoms with van der Waals surface area (Å²) in [6.45, 7) is 0. The topological polar surface area (TPSA) is 68.2 Å². The maximum Gasteiger partial charge on any atom is 0.242 e. The van der Waals surface area contributed by atoms with Gasteiger partial charge >= 0.3 is 0 Å². The number of hydrogen-bond acceptors (Lipinski definition) is 8. The summed E-state index contributed by atoms with van der Waals surface area (Å²) in [5.74, 6) is 0.929. The van der Waals surface area contributed by atoms with Gasteiger partial charge in [0.25, 0.3) is 0 Å². The first-order valence-electron chi connectivity index (χ1n) is 10.9. The highest BCUT2D eigenvalue weighted by molar-refractivity contribution is 8.00. The van der Waals surface area contributed by atoms with Gasteiger partial charge in [-0.3, -0.25) is 9.69 Å². The van der Waals surface area contributed by atoms with Crippen LogP contribution in [0.25, 0.3) is 21.5 Å². The lowest BCUT2D eigenvalue weighted by Gasteiger charge is -2.31. The molecule has 1 aliphatic rings. The van der Waals surface area contributed by atoms with Crippen LogP contribution in [0.15, 0.2) is 87.9 Å². The second-order valence-corrected chi connectivity index (χ2v) is 11.1. The molecule has 0 radical (unpaired) electrons. The maximum atomic E-state index is 13.6. The number of carbonyl (C=O) groups excluding carboxylic acids is 1. The SMILES string of the molecule is COc1ccc(-c2nsc3c(SCC(=O)N4c5ccccc5Sc5ccc(Cl)cc54)ncnc23)cc1. The Morgan fingerprint density at radius 2 is 1.83 bits per heavy atom. The monoisotopic (exact) mass is 548 g/mol. The minimum Gasteiger partial charge on any atom is -0.497 e. The molecule has 0 saturated heterocycles. The molecule has 36 heavy (non-hydrogen) atoms. The predicted molar refractivity (Wildman–Crippen MR) is 147 cm³/mol.